The third-order valence-corrected chi connectivity index (χ3v) is 5.84. The van der Waals surface area contributed by atoms with Crippen LogP contribution in [0.25, 0.3) is 0 Å². The van der Waals surface area contributed by atoms with Crippen molar-refractivity contribution in [1.82, 2.24) is 20.4 Å². The molecule has 3 N–H and O–H groups in total. The summed E-state index contributed by atoms with van der Waals surface area (Å²) in [7, 11) is 3.77. The SMILES string of the molecule is CCNC(=NCc1cccc(NC(=O)CN(C)C)c1)NC1CCN(C2CCCC2)C1. The zero-order valence-corrected chi connectivity index (χ0v) is 18.8. The van der Waals surface area contributed by atoms with Crippen molar-refractivity contribution in [3.8, 4) is 0 Å². The van der Waals surface area contributed by atoms with E-state index in [4.69, 9.17) is 4.99 Å². The maximum atomic E-state index is 12.0. The fourth-order valence-corrected chi connectivity index (χ4v) is 4.43. The first-order valence-electron chi connectivity index (χ1n) is 11.4. The van der Waals surface area contributed by atoms with Crippen LogP contribution in [0, 0.1) is 0 Å². The topological polar surface area (TPSA) is 72.0 Å². The Morgan fingerprint density at radius 3 is 2.77 bits per heavy atom. The Balaban J connectivity index is 1.54. The van der Waals surface area contributed by atoms with Gasteiger partial charge in [0.05, 0.1) is 13.1 Å². The summed E-state index contributed by atoms with van der Waals surface area (Å²) in [5, 5.41) is 9.96. The molecular formula is C23H38N6O. The second kappa shape index (κ2) is 11.3. The second-order valence-electron chi connectivity index (χ2n) is 8.74. The van der Waals surface area contributed by atoms with Gasteiger partial charge in [0.1, 0.15) is 0 Å². The van der Waals surface area contributed by atoms with Crippen LogP contribution in [-0.2, 0) is 11.3 Å². The number of nitrogens with one attached hydrogen (secondary N) is 3. The van der Waals surface area contributed by atoms with E-state index in [2.05, 4.69) is 27.8 Å². The van der Waals surface area contributed by atoms with Gasteiger partial charge in [-0.2, -0.15) is 0 Å². The van der Waals surface area contributed by atoms with Crippen LogP contribution in [0.5, 0.6) is 0 Å². The van der Waals surface area contributed by atoms with E-state index in [1.165, 1.54) is 38.6 Å². The van der Waals surface area contributed by atoms with Crippen LogP contribution in [-0.4, -0.2) is 74.0 Å². The van der Waals surface area contributed by atoms with E-state index in [1.54, 1.807) is 0 Å². The van der Waals surface area contributed by atoms with E-state index in [9.17, 15) is 4.79 Å². The molecule has 30 heavy (non-hydrogen) atoms. The van der Waals surface area contributed by atoms with E-state index in [1.807, 2.05) is 43.3 Å². The number of likely N-dealkylation sites (tertiary alicyclic amines) is 1. The van der Waals surface area contributed by atoms with Crippen molar-refractivity contribution in [2.45, 2.75) is 57.7 Å². The van der Waals surface area contributed by atoms with Crippen molar-refractivity contribution in [2.75, 3.05) is 45.6 Å². The summed E-state index contributed by atoms with van der Waals surface area (Å²) in [6, 6.07) is 9.18. The second-order valence-corrected chi connectivity index (χ2v) is 8.74. The van der Waals surface area contributed by atoms with Gasteiger partial charge in [0.25, 0.3) is 0 Å². The Bertz CT molecular complexity index is 713. The highest BCUT2D eigenvalue weighted by Gasteiger charge is 2.30. The Labute approximate surface area is 181 Å². The van der Waals surface area contributed by atoms with Crippen molar-refractivity contribution in [3.63, 3.8) is 0 Å². The minimum absolute atomic E-state index is 0.0105. The summed E-state index contributed by atoms with van der Waals surface area (Å²) < 4.78 is 0. The number of rotatable bonds is 8. The largest absolute Gasteiger partial charge is 0.357 e. The molecule has 2 aliphatic rings. The number of hydrogen-bond acceptors (Lipinski definition) is 4. The minimum atomic E-state index is -0.0105. The number of anilines is 1. The first kappa shape index (κ1) is 22.6. The van der Waals surface area contributed by atoms with Crippen molar-refractivity contribution in [2.24, 2.45) is 4.99 Å². The summed E-state index contributed by atoms with van der Waals surface area (Å²) in [5.74, 6) is 0.863. The molecule has 7 nitrogen and oxygen atoms in total. The van der Waals surface area contributed by atoms with Crippen LogP contribution >= 0.6 is 0 Å². The molecule has 0 bridgehead atoms. The van der Waals surface area contributed by atoms with Crippen molar-refractivity contribution in [1.29, 1.82) is 0 Å². The van der Waals surface area contributed by atoms with Crippen LogP contribution in [0.15, 0.2) is 29.3 Å². The van der Waals surface area contributed by atoms with Crippen LogP contribution in [0.3, 0.4) is 0 Å². The molecule has 1 unspecified atom stereocenters. The fraction of sp³-hybridized carbons (Fsp3) is 0.652. The summed E-state index contributed by atoms with van der Waals surface area (Å²) in [5.41, 5.74) is 1.89. The summed E-state index contributed by atoms with van der Waals surface area (Å²) in [6.07, 6.45) is 6.68. The predicted molar refractivity (Wildman–Crippen MR) is 124 cm³/mol. The number of carbonyl (C=O) groups is 1. The monoisotopic (exact) mass is 414 g/mol. The lowest BCUT2D eigenvalue weighted by Gasteiger charge is -2.24. The molecule has 1 atom stereocenters. The van der Waals surface area contributed by atoms with Crippen molar-refractivity contribution < 1.29 is 4.79 Å². The highest BCUT2D eigenvalue weighted by atomic mass is 16.2. The van der Waals surface area contributed by atoms with Crippen LogP contribution < -0.4 is 16.0 Å². The lowest BCUT2D eigenvalue weighted by molar-refractivity contribution is -0.116. The number of guanidine groups is 1. The van der Waals surface area contributed by atoms with E-state index in [0.717, 1.165) is 36.3 Å². The van der Waals surface area contributed by atoms with E-state index >= 15 is 0 Å². The number of benzene rings is 1. The maximum absolute atomic E-state index is 12.0. The lowest BCUT2D eigenvalue weighted by Crippen LogP contribution is -2.45. The van der Waals surface area contributed by atoms with Crippen molar-refractivity contribution >= 4 is 17.6 Å². The number of amides is 1. The molecular weight excluding hydrogens is 376 g/mol. The summed E-state index contributed by atoms with van der Waals surface area (Å²) >= 11 is 0. The van der Waals surface area contributed by atoms with Gasteiger partial charge in [0.2, 0.25) is 5.91 Å². The molecule has 1 aromatic carbocycles. The highest BCUT2D eigenvalue weighted by Crippen LogP contribution is 2.26. The first-order valence-corrected chi connectivity index (χ1v) is 11.4. The van der Waals surface area contributed by atoms with E-state index in [0.29, 0.717) is 19.1 Å². The van der Waals surface area contributed by atoms with Gasteiger partial charge >= 0.3 is 0 Å². The van der Waals surface area contributed by atoms with E-state index in [-0.39, 0.29) is 5.91 Å². The molecule has 3 rings (SSSR count). The van der Waals surface area contributed by atoms with Gasteiger partial charge in [-0.25, -0.2) is 4.99 Å². The molecule has 166 valence electrons. The Morgan fingerprint density at radius 2 is 2.03 bits per heavy atom. The molecule has 0 radical (unpaired) electrons. The summed E-state index contributed by atoms with van der Waals surface area (Å²) in [4.78, 5) is 21.3. The molecule has 0 spiro atoms. The summed E-state index contributed by atoms with van der Waals surface area (Å²) in [6.45, 7) is 6.18. The zero-order chi connectivity index (χ0) is 21.3. The Morgan fingerprint density at radius 1 is 1.23 bits per heavy atom. The number of likely N-dealkylation sites (N-methyl/N-ethyl adjacent to an activating group) is 1. The Hall–Kier alpha value is -2.12. The average Bonchev–Trinajstić information content (AvgIpc) is 3.37. The van der Waals surface area contributed by atoms with Gasteiger partial charge in [0.15, 0.2) is 5.96 Å². The van der Waals surface area contributed by atoms with E-state index < -0.39 is 0 Å². The standard InChI is InChI=1S/C23H38N6O/c1-4-24-23(27-20-12-13-29(16-20)21-10-5-6-11-21)25-15-18-8-7-9-19(14-18)26-22(30)17-28(2)3/h7-9,14,20-21H,4-6,10-13,15-17H2,1-3H3,(H,26,30)(H2,24,25,27). The molecule has 7 heteroatoms. The smallest absolute Gasteiger partial charge is 0.238 e. The normalized spacial score (nSPS) is 20.7. The Kier molecular flexibility index (Phi) is 8.51. The van der Waals surface area contributed by atoms with Gasteiger partial charge in [-0.15, -0.1) is 0 Å². The molecule has 1 aromatic rings. The zero-order valence-electron chi connectivity index (χ0n) is 18.8. The van der Waals surface area contributed by atoms with Crippen LogP contribution in [0.2, 0.25) is 0 Å². The molecule has 1 amide bonds. The van der Waals surface area contributed by atoms with Crippen LogP contribution in [0.1, 0.15) is 44.6 Å². The fourth-order valence-electron chi connectivity index (χ4n) is 4.43. The molecule has 1 aliphatic heterocycles. The third-order valence-electron chi connectivity index (χ3n) is 5.84. The lowest BCUT2D eigenvalue weighted by atomic mass is 10.2. The molecule has 1 heterocycles. The number of carbonyl (C=O) groups excluding carboxylic acids is 1. The number of hydrogen-bond donors (Lipinski definition) is 3. The molecule has 1 aliphatic carbocycles. The van der Waals surface area contributed by atoms with Gasteiger partial charge in [-0.05, 0) is 58.0 Å². The van der Waals surface area contributed by atoms with Gasteiger partial charge in [-0.3, -0.25) is 9.69 Å². The molecule has 1 saturated heterocycles. The van der Waals surface area contributed by atoms with Crippen LogP contribution in [0.4, 0.5) is 5.69 Å². The first-order chi connectivity index (χ1) is 14.5. The average molecular weight is 415 g/mol. The number of nitrogens with zero attached hydrogens (tertiary/aromatic N) is 3. The maximum Gasteiger partial charge on any atom is 0.238 e. The van der Waals surface area contributed by atoms with Crippen molar-refractivity contribution in [3.05, 3.63) is 29.8 Å². The quantitative estimate of drug-likeness (QED) is 0.450. The van der Waals surface area contributed by atoms with Gasteiger partial charge in [0, 0.05) is 37.4 Å². The third kappa shape index (κ3) is 6.99. The van der Waals surface area contributed by atoms with Gasteiger partial charge in [-0.1, -0.05) is 25.0 Å². The molecule has 0 aromatic heterocycles. The highest BCUT2D eigenvalue weighted by molar-refractivity contribution is 5.92. The molecule has 1 saturated carbocycles. The number of aliphatic imine (C=N–C) groups is 1. The molecule has 2 fully saturated rings. The minimum Gasteiger partial charge on any atom is -0.357 e. The van der Waals surface area contributed by atoms with Gasteiger partial charge < -0.3 is 20.9 Å². The predicted octanol–water partition coefficient (Wildman–Crippen LogP) is 2.26.